The van der Waals surface area contributed by atoms with Crippen LogP contribution in [0.2, 0.25) is 0 Å². The van der Waals surface area contributed by atoms with Crippen molar-refractivity contribution in [1.82, 2.24) is 19.9 Å². The number of hydrogen-bond donors (Lipinski definition) is 0. The SMILES string of the molecule is O=c1ccn(-c2cccc(Br)c2)nc1-c1nc(-c2ccccc2Br)no1. The lowest BCUT2D eigenvalue weighted by Gasteiger charge is -2.06. The van der Waals surface area contributed by atoms with Crippen LogP contribution in [0, 0.1) is 0 Å². The van der Waals surface area contributed by atoms with Crippen LogP contribution in [0.25, 0.3) is 28.7 Å². The number of nitrogens with zero attached hydrogens (tertiary/aromatic N) is 4. The van der Waals surface area contributed by atoms with Gasteiger partial charge in [-0.3, -0.25) is 4.79 Å². The smallest absolute Gasteiger partial charge is 0.282 e. The first kappa shape index (κ1) is 16.9. The van der Waals surface area contributed by atoms with Gasteiger partial charge in [0.05, 0.1) is 5.69 Å². The summed E-state index contributed by atoms with van der Waals surface area (Å²) < 4.78 is 8.62. The second-order valence-corrected chi connectivity index (χ2v) is 7.13. The summed E-state index contributed by atoms with van der Waals surface area (Å²) in [6.07, 6.45) is 1.60. The second kappa shape index (κ2) is 6.97. The molecule has 26 heavy (non-hydrogen) atoms. The molecule has 2 heterocycles. The minimum atomic E-state index is -0.293. The first-order valence-corrected chi connectivity index (χ1v) is 9.15. The molecule has 0 unspecified atom stereocenters. The number of aromatic nitrogens is 4. The van der Waals surface area contributed by atoms with Gasteiger partial charge in [-0.25, -0.2) is 4.68 Å². The molecule has 0 bridgehead atoms. The fraction of sp³-hybridized carbons (Fsp3) is 0. The molecule has 128 valence electrons. The molecule has 0 spiro atoms. The Morgan fingerprint density at radius 2 is 1.85 bits per heavy atom. The van der Waals surface area contributed by atoms with Gasteiger partial charge in [0.15, 0.2) is 5.69 Å². The summed E-state index contributed by atoms with van der Waals surface area (Å²) in [4.78, 5) is 16.6. The summed E-state index contributed by atoms with van der Waals surface area (Å²) in [5.74, 6) is 0.455. The van der Waals surface area contributed by atoms with Crippen molar-refractivity contribution in [3.63, 3.8) is 0 Å². The molecule has 0 aliphatic heterocycles. The highest BCUT2D eigenvalue weighted by Gasteiger charge is 2.17. The van der Waals surface area contributed by atoms with E-state index in [1.807, 2.05) is 48.5 Å². The van der Waals surface area contributed by atoms with E-state index in [9.17, 15) is 4.79 Å². The predicted molar refractivity (Wildman–Crippen MR) is 104 cm³/mol. The third-order valence-corrected chi connectivity index (χ3v) is 4.81. The molecule has 0 fully saturated rings. The highest BCUT2D eigenvalue weighted by molar-refractivity contribution is 9.10. The highest BCUT2D eigenvalue weighted by Crippen LogP contribution is 2.26. The molecule has 0 N–H and O–H groups in total. The van der Waals surface area contributed by atoms with Crippen LogP contribution in [0.5, 0.6) is 0 Å². The molecule has 2 aromatic carbocycles. The number of hydrogen-bond acceptors (Lipinski definition) is 5. The van der Waals surface area contributed by atoms with Crippen LogP contribution in [0.1, 0.15) is 0 Å². The molecule has 0 aliphatic rings. The zero-order valence-corrected chi connectivity index (χ0v) is 16.3. The van der Waals surface area contributed by atoms with Crippen molar-refractivity contribution in [3.8, 4) is 28.7 Å². The Bertz CT molecular complexity index is 1150. The van der Waals surface area contributed by atoms with Crippen molar-refractivity contribution >= 4 is 31.9 Å². The van der Waals surface area contributed by atoms with Gasteiger partial charge in [-0.1, -0.05) is 55.2 Å². The number of halogens is 2. The van der Waals surface area contributed by atoms with Gasteiger partial charge in [-0.15, -0.1) is 0 Å². The lowest BCUT2D eigenvalue weighted by Crippen LogP contribution is -2.12. The van der Waals surface area contributed by atoms with Crippen molar-refractivity contribution in [2.45, 2.75) is 0 Å². The van der Waals surface area contributed by atoms with E-state index >= 15 is 0 Å². The molecule has 0 saturated heterocycles. The largest absolute Gasteiger partial charge is 0.332 e. The molecule has 0 amide bonds. The minimum absolute atomic E-state index is 0.0742. The molecule has 8 heteroatoms. The topological polar surface area (TPSA) is 73.8 Å². The van der Waals surface area contributed by atoms with E-state index in [-0.39, 0.29) is 17.0 Å². The quantitative estimate of drug-likeness (QED) is 0.438. The minimum Gasteiger partial charge on any atom is -0.332 e. The molecule has 0 aliphatic carbocycles. The van der Waals surface area contributed by atoms with E-state index in [2.05, 4.69) is 47.1 Å². The molecule has 0 radical (unpaired) electrons. The maximum atomic E-state index is 12.3. The summed E-state index contributed by atoms with van der Waals surface area (Å²) in [5.41, 5.74) is 1.37. The Kier molecular flexibility index (Phi) is 4.52. The van der Waals surface area contributed by atoms with E-state index in [0.29, 0.717) is 5.82 Å². The highest BCUT2D eigenvalue weighted by atomic mass is 79.9. The zero-order chi connectivity index (χ0) is 18.1. The Labute approximate surface area is 164 Å². The molecule has 2 aromatic heterocycles. The lowest BCUT2D eigenvalue weighted by atomic mass is 10.2. The summed E-state index contributed by atoms with van der Waals surface area (Å²) in [5, 5.41) is 8.33. The van der Waals surface area contributed by atoms with Crippen LogP contribution in [-0.4, -0.2) is 19.9 Å². The molecule has 6 nitrogen and oxygen atoms in total. The molecule has 0 atom stereocenters. The average Bonchev–Trinajstić information content (AvgIpc) is 3.12. The van der Waals surface area contributed by atoms with Gasteiger partial charge >= 0.3 is 0 Å². The van der Waals surface area contributed by atoms with Crippen LogP contribution in [0.4, 0.5) is 0 Å². The summed E-state index contributed by atoms with van der Waals surface area (Å²) in [6, 6.07) is 16.5. The van der Waals surface area contributed by atoms with Crippen molar-refractivity contribution in [2.75, 3.05) is 0 Å². The average molecular weight is 474 g/mol. The summed E-state index contributed by atoms with van der Waals surface area (Å²) >= 11 is 6.88. The normalized spacial score (nSPS) is 10.8. The van der Waals surface area contributed by atoms with Gasteiger partial charge in [0.25, 0.3) is 5.89 Å². The first-order chi connectivity index (χ1) is 12.6. The van der Waals surface area contributed by atoms with Crippen molar-refractivity contribution in [2.24, 2.45) is 0 Å². The second-order valence-electron chi connectivity index (χ2n) is 5.36. The number of benzene rings is 2. The van der Waals surface area contributed by atoms with E-state index in [1.165, 1.54) is 6.07 Å². The van der Waals surface area contributed by atoms with E-state index < -0.39 is 0 Å². The van der Waals surface area contributed by atoms with Gasteiger partial charge in [-0.05, 0) is 30.3 Å². The van der Waals surface area contributed by atoms with Crippen LogP contribution in [0.3, 0.4) is 0 Å². The van der Waals surface area contributed by atoms with Gasteiger partial charge in [0, 0.05) is 26.8 Å². The molecule has 4 aromatic rings. The fourth-order valence-corrected chi connectivity index (χ4v) is 3.24. The van der Waals surface area contributed by atoms with Crippen molar-refractivity contribution < 1.29 is 4.52 Å². The maximum absolute atomic E-state index is 12.3. The fourth-order valence-electron chi connectivity index (χ4n) is 2.39. The van der Waals surface area contributed by atoms with Gasteiger partial charge < -0.3 is 4.52 Å². The summed E-state index contributed by atoms with van der Waals surface area (Å²) in [6.45, 7) is 0. The van der Waals surface area contributed by atoms with E-state index in [4.69, 9.17) is 4.52 Å². The third-order valence-electron chi connectivity index (χ3n) is 3.62. The Hall–Kier alpha value is -2.58. The standard InChI is InChI=1S/C18H10Br2N4O2/c19-11-4-3-5-12(10-11)24-9-8-15(25)16(22-24)18-21-17(23-26-18)13-6-1-2-7-14(13)20/h1-10H. The van der Waals surface area contributed by atoms with Crippen LogP contribution < -0.4 is 5.43 Å². The van der Waals surface area contributed by atoms with Crippen molar-refractivity contribution in [3.05, 3.63) is 80.0 Å². The Morgan fingerprint density at radius 1 is 1.00 bits per heavy atom. The van der Waals surface area contributed by atoms with E-state index in [0.717, 1.165) is 20.2 Å². The molecule has 0 saturated carbocycles. The number of rotatable bonds is 3. The van der Waals surface area contributed by atoms with Gasteiger partial charge in [0.2, 0.25) is 11.3 Å². The lowest BCUT2D eigenvalue weighted by molar-refractivity contribution is 0.429. The summed E-state index contributed by atoms with van der Waals surface area (Å²) in [7, 11) is 0. The van der Waals surface area contributed by atoms with Crippen LogP contribution in [0.15, 0.2) is 79.1 Å². The van der Waals surface area contributed by atoms with Crippen molar-refractivity contribution in [1.29, 1.82) is 0 Å². The monoisotopic (exact) mass is 472 g/mol. The maximum Gasteiger partial charge on any atom is 0.282 e. The Morgan fingerprint density at radius 3 is 2.65 bits per heavy atom. The van der Waals surface area contributed by atoms with Crippen LogP contribution >= 0.6 is 31.9 Å². The Balaban J connectivity index is 1.78. The third kappa shape index (κ3) is 3.25. The molecule has 4 rings (SSSR count). The van der Waals surface area contributed by atoms with Crippen LogP contribution in [-0.2, 0) is 0 Å². The zero-order valence-electron chi connectivity index (χ0n) is 13.1. The van der Waals surface area contributed by atoms with E-state index in [1.54, 1.807) is 10.9 Å². The molecular formula is C18H10Br2N4O2. The molecular weight excluding hydrogens is 464 g/mol. The van der Waals surface area contributed by atoms with Gasteiger partial charge in [0.1, 0.15) is 0 Å². The van der Waals surface area contributed by atoms with Gasteiger partial charge in [-0.2, -0.15) is 10.1 Å². The predicted octanol–water partition coefficient (Wildman–Crippen LogP) is 4.47. The first-order valence-electron chi connectivity index (χ1n) is 7.57.